The van der Waals surface area contributed by atoms with Gasteiger partial charge < -0.3 is 0 Å². The Balaban J connectivity index is 2.68. The molecule has 0 aliphatic heterocycles. The minimum absolute atomic E-state index is 0.236. The zero-order chi connectivity index (χ0) is 16.4. The van der Waals surface area contributed by atoms with Gasteiger partial charge >= 0.3 is 0 Å². The summed E-state index contributed by atoms with van der Waals surface area (Å²) in [7, 11) is 0. The Bertz CT molecular complexity index is 854. The summed E-state index contributed by atoms with van der Waals surface area (Å²) in [5, 5.41) is 9.23. The molecule has 0 saturated heterocycles. The van der Waals surface area contributed by atoms with Crippen molar-refractivity contribution in [1.82, 2.24) is 0 Å². The number of hydrogen-bond acceptors (Lipinski definition) is 1. The van der Waals surface area contributed by atoms with Gasteiger partial charge in [0.25, 0.3) is 5.69 Å². The van der Waals surface area contributed by atoms with Crippen molar-refractivity contribution in [3.8, 4) is 6.07 Å². The monoisotopic (exact) mass is 384 g/mol. The van der Waals surface area contributed by atoms with E-state index in [0.717, 1.165) is 0 Å². The molecule has 0 saturated carbocycles. The molecule has 0 bridgehead atoms. The number of rotatable bonds is 2. The minimum Gasteiger partial charge on any atom is -0.232 e. The minimum atomic E-state index is -1.66. The third-order valence-electron chi connectivity index (χ3n) is 3.00. The van der Waals surface area contributed by atoms with Crippen molar-refractivity contribution in [3.05, 3.63) is 73.3 Å². The molecule has 7 heteroatoms. The van der Waals surface area contributed by atoms with Gasteiger partial charge in [-0.2, -0.15) is 5.26 Å². The lowest BCUT2D eigenvalue weighted by Crippen LogP contribution is -2.04. The Hall–Kier alpha value is -2.02. The van der Waals surface area contributed by atoms with Crippen LogP contribution in [-0.2, 0) is 6.42 Å². The average molecular weight is 386 g/mol. The molecule has 0 N–H and O–H groups in total. The predicted molar refractivity (Wildman–Crippen MR) is 79.3 cm³/mol. The second-order valence-electron chi connectivity index (χ2n) is 4.28. The van der Waals surface area contributed by atoms with Gasteiger partial charge in [0.05, 0.1) is 12.1 Å². The Morgan fingerprint density at radius 1 is 1.23 bits per heavy atom. The van der Waals surface area contributed by atoms with Crippen molar-refractivity contribution >= 4 is 33.2 Å². The molecule has 0 fully saturated rings. The van der Waals surface area contributed by atoms with Crippen LogP contribution in [0.25, 0.3) is 4.85 Å². The number of hydrogen-bond donors (Lipinski definition) is 0. The molecule has 0 spiro atoms. The van der Waals surface area contributed by atoms with Crippen molar-refractivity contribution in [3.63, 3.8) is 0 Å². The van der Waals surface area contributed by atoms with Crippen LogP contribution in [0, 0.1) is 35.4 Å². The van der Waals surface area contributed by atoms with Crippen molar-refractivity contribution in [2.24, 2.45) is 0 Å². The van der Waals surface area contributed by atoms with Crippen molar-refractivity contribution < 1.29 is 13.2 Å². The fraction of sp³-hybridized carbons (Fsp3) is 0.0667. The summed E-state index contributed by atoms with van der Waals surface area (Å²) < 4.78 is 42.3. The fourth-order valence-corrected chi connectivity index (χ4v) is 2.67. The van der Waals surface area contributed by atoms with E-state index in [4.69, 9.17) is 23.4 Å². The van der Waals surface area contributed by atoms with Crippen molar-refractivity contribution in [2.45, 2.75) is 6.42 Å². The molecule has 0 radical (unpaired) electrons. The van der Waals surface area contributed by atoms with Crippen LogP contribution in [0.4, 0.5) is 18.9 Å². The Morgan fingerprint density at radius 2 is 1.91 bits per heavy atom. The zero-order valence-electron chi connectivity index (χ0n) is 10.7. The van der Waals surface area contributed by atoms with Gasteiger partial charge in [0.2, 0.25) is 0 Å². The van der Waals surface area contributed by atoms with Gasteiger partial charge in [-0.3, -0.25) is 0 Å². The molecule has 0 unspecified atom stereocenters. The first kappa shape index (κ1) is 16.4. The molecule has 2 rings (SSSR count). The number of benzene rings is 2. The first-order valence-corrected chi connectivity index (χ1v) is 6.98. The Labute approximate surface area is 137 Å². The van der Waals surface area contributed by atoms with Crippen molar-refractivity contribution in [1.29, 1.82) is 5.26 Å². The van der Waals surface area contributed by atoms with E-state index in [1.165, 1.54) is 6.07 Å². The van der Waals surface area contributed by atoms with Crippen molar-refractivity contribution in [2.75, 3.05) is 0 Å². The molecule has 0 heterocycles. The summed E-state index contributed by atoms with van der Waals surface area (Å²) in [6.45, 7) is 6.76. The topological polar surface area (TPSA) is 28.1 Å². The molecule has 0 atom stereocenters. The Kier molecular flexibility index (Phi) is 4.75. The van der Waals surface area contributed by atoms with E-state index in [2.05, 4.69) is 20.8 Å². The highest BCUT2D eigenvalue weighted by atomic mass is 79.9. The van der Waals surface area contributed by atoms with E-state index in [-0.39, 0.29) is 11.4 Å². The summed E-state index contributed by atoms with van der Waals surface area (Å²) in [6, 6.07) is 6.19. The van der Waals surface area contributed by atoms with E-state index in [1.807, 2.05) is 0 Å². The lowest BCUT2D eigenvalue weighted by molar-refractivity contribution is 0.495. The predicted octanol–water partition coefficient (Wildman–Crippen LogP) is 5.53. The van der Waals surface area contributed by atoms with E-state index in [9.17, 15) is 13.2 Å². The van der Waals surface area contributed by atoms with Crippen LogP contribution in [0.5, 0.6) is 0 Å². The van der Waals surface area contributed by atoms with Crippen LogP contribution in [0.2, 0.25) is 5.02 Å². The first-order chi connectivity index (χ1) is 10.4. The molecule has 2 aromatic rings. The quantitative estimate of drug-likeness (QED) is 0.493. The third kappa shape index (κ3) is 2.81. The third-order valence-corrected chi connectivity index (χ3v) is 3.85. The lowest BCUT2D eigenvalue weighted by Gasteiger charge is -2.11. The Morgan fingerprint density at radius 3 is 2.45 bits per heavy atom. The van der Waals surface area contributed by atoms with Gasteiger partial charge in [-0.25, -0.2) is 18.0 Å². The van der Waals surface area contributed by atoms with E-state index in [0.29, 0.717) is 10.0 Å². The molecule has 0 aromatic heterocycles. The summed E-state index contributed by atoms with van der Waals surface area (Å²) in [5.41, 5.74) is -1.81. The normalized spacial score (nSPS) is 10.1. The number of nitrogens with zero attached hydrogens (tertiary/aromatic N) is 2. The average Bonchev–Trinajstić information content (AvgIpc) is 2.48. The standard InChI is InChI=1S/C15H5BrClF3N2/c1-22-15-13(19)9(10(6-21)12(18)14(15)20)4-7-2-3-8(16)5-11(7)17/h2-3,5H,4H2. The highest BCUT2D eigenvalue weighted by molar-refractivity contribution is 9.10. The maximum atomic E-state index is 14.2. The SMILES string of the molecule is [C-]#[N+]c1c(F)c(F)c(C#N)c(Cc2ccc(Br)cc2Cl)c1F. The van der Waals surface area contributed by atoms with Crippen LogP contribution in [0.1, 0.15) is 16.7 Å². The molecule has 22 heavy (non-hydrogen) atoms. The molecular formula is C15H5BrClF3N2. The zero-order valence-corrected chi connectivity index (χ0v) is 13.1. The van der Waals surface area contributed by atoms with Crippen LogP contribution >= 0.6 is 27.5 Å². The molecule has 0 amide bonds. The van der Waals surface area contributed by atoms with E-state index < -0.39 is 34.3 Å². The second-order valence-corrected chi connectivity index (χ2v) is 5.60. The highest BCUT2D eigenvalue weighted by Crippen LogP contribution is 2.33. The van der Waals surface area contributed by atoms with Gasteiger partial charge in [0, 0.05) is 21.5 Å². The summed E-state index contributed by atoms with van der Waals surface area (Å²) in [4.78, 5) is 2.65. The highest BCUT2D eigenvalue weighted by Gasteiger charge is 2.25. The van der Waals surface area contributed by atoms with Gasteiger partial charge in [0.15, 0.2) is 11.6 Å². The van der Waals surface area contributed by atoms with Crippen LogP contribution < -0.4 is 0 Å². The van der Waals surface area contributed by atoms with E-state index >= 15 is 0 Å². The van der Waals surface area contributed by atoms with Gasteiger partial charge in [0.1, 0.15) is 11.9 Å². The van der Waals surface area contributed by atoms with Gasteiger partial charge in [-0.15, -0.1) is 0 Å². The second kappa shape index (κ2) is 6.39. The molecule has 2 aromatic carbocycles. The number of halogens is 5. The summed E-state index contributed by atoms with van der Waals surface area (Å²) in [6.07, 6.45) is -0.236. The van der Waals surface area contributed by atoms with Crippen LogP contribution in [-0.4, -0.2) is 0 Å². The molecule has 0 aliphatic carbocycles. The molecule has 110 valence electrons. The van der Waals surface area contributed by atoms with E-state index in [1.54, 1.807) is 18.2 Å². The van der Waals surface area contributed by atoms with Crippen LogP contribution in [0.15, 0.2) is 22.7 Å². The summed E-state index contributed by atoms with van der Waals surface area (Å²) in [5.74, 6) is -4.43. The smallest absolute Gasteiger partial charge is 0.232 e. The number of nitriles is 1. The maximum Gasteiger partial charge on any atom is 0.260 e. The fourth-order valence-electron chi connectivity index (χ4n) is 1.93. The maximum absolute atomic E-state index is 14.2. The van der Waals surface area contributed by atoms with Crippen LogP contribution in [0.3, 0.4) is 0 Å². The first-order valence-electron chi connectivity index (χ1n) is 5.81. The van der Waals surface area contributed by atoms with Gasteiger partial charge in [-0.05, 0) is 17.7 Å². The summed E-state index contributed by atoms with van der Waals surface area (Å²) >= 11 is 9.22. The largest absolute Gasteiger partial charge is 0.260 e. The molecular weight excluding hydrogens is 381 g/mol. The lowest BCUT2D eigenvalue weighted by atomic mass is 9.98. The molecule has 0 aliphatic rings. The van der Waals surface area contributed by atoms with Gasteiger partial charge in [-0.1, -0.05) is 33.6 Å². The molecule has 2 nitrogen and oxygen atoms in total.